The highest BCUT2D eigenvalue weighted by Crippen LogP contribution is 2.24. The summed E-state index contributed by atoms with van der Waals surface area (Å²) in [6.07, 6.45) is 5.20. The Kier molecular flexibility index (Phi) is 4.51. The molecule has 3 nitrogen and oxygen atoms in total. The summed E-state index contributed by atoms with van der Waals surface area (Å²) in [4.78, 5) is 2.99. The van der Waals surface area contributed by atoms with Crippen LogP contribution in [-0.2, 0) is 6.54 Å². The smallest absolute Gasteiger partial charge is 0.178 e. The number of hydrogen-bond acceptors (Lipinski definition) is 3. The maximum absolute atomic E-state index is 13.6. The first-order chi connectivity index (χ1) is 9.17. The molecule has 100 valence electrons. The van der Waals surface area contributed by atoms with Gasteiger partial charge in [0.2, 0.25) is 0 Å². The van der Waals surface area contributed by atoms with Crippen LogP contribution in [0.4, 0.5) is 4.39 Å². The van der Waals surface area contributed by atoms with Crippen LogP contribution >= 0.6 is 24.0 Å². The number of nitrogens with one attached hydrogen (secondary N) is 1. The van der Waals surface area contributed by atoms with Crippen LogP contribution in [0.1, 0.15) is 0 Å². The van der Waals surface area contributed by atoms with E-state index >= 15 is 0 Å². The molecule has 0 atom stereocenters. The van der Waals surface area contributed by atoms with Gasteiger partial charge in [0.15, 0.2) is 16.3 Å². The van der Waals surface area contributed by atoms with E-state index in [0.717, 1.165) is 17.8 Å². The number of nitrogens with zero attached hydrogens (tertiary/aromatic N) is 1. The van der Waals surface area contributed by atoms with E-state index in [1.165, 1.54) is 13.2 Å². The molecule has 0 aliphatic rings. The van der Waals surface area contributed by atoms with E-state index in [4.69, 9.17) is 23.4 Å². The highest BCUT2D eigenvalue weighted by Gasteiger charge is 2.10. The third-order valence-corrected chi connectivity index (χ3v) is 3.86. The predicted octanol–water partition coefficient (Wildman–Crippen LogP) is 3.21. The molecule has 1 N–H and O–H groups in total. The van der Waals surface area contributed by atoms with E-state index in [0.29, 0.717) is 16.0 Å². The Morgan fingerprint density at radius 2 is 2.37 bits per heavy atom. The molecular formula is C13H13FN2OS2. The second-order valence-electron chi connectivity index (χ2n) is 3.84. The fourth-order valence-corrected chi connectivity index (χ4v) is 2.70. The van der Waals surface area contributed by atoms with Crippen molar-refractivity contribution in [1.82, 2.24) is 9.55 Å². The maximum atomic E-state index is 13.6. The lowest BCUT2D eigenvalue weighted by Gasteiger charge is -2.05. The number of benzene rings is 1. The SMILES string of the molecule is C#CCSCCn1c(=S)[nH]c2cc(F)c(OC)cc21. The highest BCUT2D eigenvalue weighted by atomic mass is 32.2. The average molecular weight is 296 g/mol. The summed E-state index contributed by atoms with van der Waals surface area (Å²) in [6, 6.07) is 3.05. The number of hydrogen-bond donors (Lipinski definition) is 1. The van der Waals surface area contributed by atoms with Crippen LogP contribution in [-0.4, -0.2) is 28.2 Å². The van der Waals surface area contributed by atoms with Crippen LogP contribution in [0.3, 0.4) is 0 Å². The Labute approximate surface area is 120 Å². The van der Waals surface area contributed by atoms with Crippen molar-refractivity contribution in [1.29, 1.82) is 0 Å². The van der Waals surface area contributed by atoms with E-state index in [2.05, 4.69) is 10.9 Å². The average Bonchev–Trinajstić information content (AvgIpc) is 2.69. The first kappa shape index (κ1) is 14.0. The Morgan fingerprint density at radius 1 is 1.58 bits per heavy atom. The van der Waals surface area contributed by atoms with Gasteiger partial charge in [-0.2, -0.15) is 0 Å². The van der Waals surface area contributed by atoms with E-state index in [1.54, 1.807) is 17.8 Å². The van der Waals surface area contributed by atoms with Crippen molar-refractivity contribution < 1.29 is 9.13 Å². The second kappa shape index (κ2) is 6.13. The number of terminal acetylenes is 1. The standard InChI is InChI=1S/C13H13FN2OS2/c1-3-5-19-6-4-16-11-8-12(17-2)9(14)7-10(11)15-13(16)18/h1,7-8H,4-6H2,2H3,(H,15,18). The summed E-state index contributed by atoms with van der Waals surface area (Å²) in [6.45, 7) is 0.722. The molecule has 0 amide bonds. The summed E-state index contributed by atoms with van der Waals surface area (Å²) in [7, 11) is 1.44. The van der Waals surface area contributed by atoms with Gasteiger partial charge in [0.05, 0.1) is 23.9 Å². The highest BCUT2D eigenvalue weighted by molar-refractivity contribution is 7.99. The van der Waals surface area contributed by atoms with Crippen LogP contribution in [0.2, 0.25) is 0 Å². The lowest BCUT2D eigenvalue weighted by Crippen LogP contribution is -2.01. The second-order valence-corrected chi connectivity index (χ2v) is 5.33. The molecule has 6 heteroatoms. The van der Waals surface area contributed by atoms with Gasteiger partial charge in [-0.05, 0) is 12.2 Å². The van der Waals surface area contributed by atoms with Crippen molar-refractivity contribution in [2.75, 3.05) is 18.6 Å². The largest absolute Gasteiger partial charge is 0.494 e. The lowest BCUT2D eigenvalue weighted by atomic mass is 10.3. The number of fused-ring (bicyclic) bond motifs is 1. The molecule has 19 heavy (non-hydrogen) atoms. The number of aromatic amines is 1. The van der Waals surface area contributed by atoms with Crippen molar-refractivity contribution in [2.24, 2.45) is 0 Å². The van der Waals surface area contributed by atoms with Crippen molar-refractivity contribution in [3.63, 3.8) is 0 Å². The van der Waals surface area contributed by atoms with Crippen LogP contribution in [0.15, 0.2) is 12.1 Å². The summed E-state index contributed by atoms with van der Waals surface area (Å²) in [5, 5.41) is 0. The van der Waals surface area contributed by atoms with Crippen molar-refractivity contribution in [3.8, 4) is 18.1 Å². The zero-order chi connectivity index (χ0) is 13.8. The van der Waals surface area contributed by atoms with Gasteiger partial charge in [-0.3, -0.25) is 0 Å². The molecular weight excluding hydrogens is 283 g/mol. The van der Waals surface area contributed by atoms with E-state index in [9.17, 15) is 4.39 Å². The van der Waals surface area contributed by atoms with Crippen molar-refractivity contribution in [3.05, 3.63) is 22.7 Å². The number of halogens is 1. The Hall–Kier alpha value is -1.45. The molecule has 1 heterocycles. The van der Waals surface area contributed by atoms with E-state index < -0.39 is 5.82 Å². The van der Waals surface area contributed by atoms with Crippen LogP contribution in [0.25, 0.3) is 11.0 Å². The first-order valence-corrected chi connectivity index (χ1v) is 7.21. The molecule has 0 aliphatic carbocycles. The van der Waals surface area contributed by atoms with Crippen LogP contribution < -0.4 is 4.74 Å². The first-order valence-electron chi connectivity index (χ1n) is 5.64. The number of H-pyrrole nitrogens is 1. The molecule has 1 aromatic heterocycles. The predicted molar refractivity (Wildman–Crippen MR) is 79.8 cm³/mol. The molecule has 2 aromatic rings. The number of thioether (sulfide) groups is 1. The van der Waals surface area contributed by atoms with Crippen LogP contribution in [0, 0.1) is 22.9 Å². The summed E-state index contributed by atoms with van der Waals surface area (Å²) < 4.78 is 21.1. The zero-order valence-corrected chi connectivity index (χ0v) is 12.0. The molecule has 0 fully saturated rings. The molecule has 1 aromatic carbocycles. The molecule has 0 saturated carbocycles. The molecule has 2 rings (SSSR count). The minimum Gasteiger partial charge on any atom is -0.494 e. The van der Waals surface area contributed by atoms with Crippen molar-refractivity contribution in [2.45, 2.75) is 6.54 Å². The minimum absolute atomic E-state index is 0.214. The summed E-state index contributed by atoms with van der Waals surface area (Å²) in [5.41, 5.74) is 1.51. The number of methoxy groups -OCH3 is 1. The Balaban J connectivity index is 2.35. The van der Waals surface area contributed by atoms with Gasteiger partial charge < -0.3 is 14.3 Å². The molecule has 0 unspecified atom stereocenters. The number of aromatic nitrogens is 2. The summed E-state index contributed by atoms with van der Waals surface area (Å²) >= 11 is 6.91. The van der Waals surface area contributed by atoms with Gasteiger partial charge >= 0.3 is 0 Å². The number of imidazole rings is 1. The molecule has 0 spiro atoms. The normalized spacial score (nSPS) is 10.6. The Bertz CT molecular complexity index is 684. The fourth-order valence-electron chi connectivity index (χ4n) is 1.82. The van der Waals surface area contributed by atoms with E-state index in [1.807, 2.05) is 4.57 Å². The van der Waals surface area contributed by atoms with Gasteiger partial charge in [0.25, 0.3) is 0 Å². The lowest BCUT2D eigenvalue weighted by molar-refractivity contribution is 0.387. The number of ether oxygens (including phenoxy) is 1. The third-order valence-electron chi connectivity index (χ3n) is 2.69. The van der Waals surface area contributed by atoms with Crippen molar-refractivity contribution >= 4 is 35.0 Å². The molecule has 0 radical (unpaired) electrons. The topological polar surface area (TPSA) is 29.9 Å². The van der Waals surface area contributed by atoms with Gasteiger partial charge in [0.1, 0.15) is 0 Å². The number of aryl methyl sites for hydroxylation is 1. The molecule has 0 aliphatic heterocycles. The molecule has 0 saturated heterocycles. The van der Waals surface area contributed by atoms with Gasteiger partial charge in [0, 0.05) is 24.4 Å². The van der Waals surface area contributed by atoms with Gasteiger partial charge in [-0.15, -0.1) is 18.2 Å². The van der Waals surface area contributed by atoms with Gasteiger partial charge in [-0.25, -0.2) is 4.39 Å². The van der Waals surface area contributed by atoms with Gasteiger partial charge in [-0.1, -0.05) is 5.92 Å². The zero-order valence-electron chi connectivity index (χ0n) is 10.4. The Morgan fingerprint density at radius 3 is 3.05 bits per heavy atom. The quantitative estimate of drug-likeness (QED) is 0.522. The monoisotopic (exact) mass is 296 g/mol. The maximum Gasteiger partial charge on any atom is 0.178 e. The van der Waals surface area contributed by atoms with E-state index in [-0.39, 0.29) is 5.75 Å². The fraction of sp³-hybridized carbons (Fsp3) is 0.308. The summed E-state index contributed by atoms with van der Waals surface area (Å²) in [5.74, 6) is 3.91. The minimum atomic E-state index is -0.403. The number of rotatable bonds is 5. The third kappa shape index (κ3) is 2.94. The molecule has 0 bridgehead atoms. The van der Waals surface area contributed by atoms with Crippen LogP contribution in [0.5, 0.6) is 5.75 Å².